The maximum Gasteiger partial charge on any atom is 0.222 e. The van der Waals surface area contributed by atoms with Gasteiger partial charge in [-0.2, -0.15) is 0 Å². The predicted octanol–water partition coefficient (Wildman–Crippen LogP) is 2.36. The van der Waals surface area contributed by atoms with Gasteiger partial charge in [0.05, 0.1) is 10.7 Å². The number of piperazine rings is 1. The van der Waals surface area contributed by atoms with Crippen LogP contribution in [0.3, 0.4) is 0 Å². The smallest absolute Gasteiger partial charge is 0.222 e. The van der Waals surface area contributed by atoms with Crippen LogP contribution in [0.15, 0.2) is 18.2 Å². The Morgan fingerprint density at radius 2 is 1.90 bits per heavy atom. The van der Waals surface area contributed by atoms with Crippen molar-refractivity contribution in [3.05, 3.63) is 23.2 Å². The maximum absolute atomic E-state index is 11.7. The molecule has 0 saturated carbocycles. The summed E-state index contributed by atoms with van der Waals surface area (Å²) in [6.45, 7) is 6.32. The fourth-order valence-electron chi connectivity index (χ4n) is 2.46. The third-order valence-electron chi connectivity index (χ3n) is 3.54. The second-order valence-electron chi connectivity index (χ2n) is 5.07. The van der Waals surface area contributed by atoms with Gasteiger partial charge in [-0.1, -0.05) is 18.5 Å². The molecule has 1 aliphatic rings. The summed E-state index contributed by atoms with van der Waals surface area (Å²) in [6.07, 6.45) is 0.548. The van der Waals surface area contributed by atoms with Gasteiger partial charge in [0, 0.05) is 45.2 Å². The molecule has 1 fully saturated rings. The molecule has 0 radical (unpaired) electrons. The Kier molecular flexibility index (Phi) is 5.07. The minimum atomic E-state index is -0.120. The Hall–Kier alpha value is -1.75. The van der Waals surface area contributed by atoms with Crippen LogP contribution in [-0.2, 0) is 9.59 Å². The first-order valence-electron chi connectivity index (χ1n) is 7.11. The highest BCUT2D eigenvalue weighted by Gasteiger charge is 2.21. The molecule has 6 heteroatoms. The Morgan fingerprint density at radius 3 is 2.43 bits per heavy atom. The van der Waals surface area contributed by atoms with Crippen LogP contribution >= 0.6 is 11.6 Å². The number of carbonyl (C=O) groups is 2. The van der Waals surface area contributed by atoms with Crippen molar-refractivity contribution < 1.29 is 9.59 Å². The largest absolute Gasteiger partial charge is 0.367 e. The quantitative estimate of drug-likeness (QED) is 0.932. The summed E-state index contributed by atoms with van der Waals surface area (Å²) in [7, 11) is 0. The van der Waals surface area contributed by atoms with E-state index in [0.717, 1.165) is 31.9 Å². The van der Waals surface area contributed by atoms with Gasteiger partial charge in [-0.05, 0) is 18.2 Å². The lowest BCUT2D eigenvalue weighted by molar-refractivity contribution is -0.131. The fourth-order valence-corrected chi connectivity index (χ4v) is 2.76. The highest BCUT2D eigenvalue weighted by atomic mass is 35.5. The van der Waals surface area contributed by atoms with Crippen molar-refractivity contribution in [2.45, 2.75) is 20.3 Å². The molecule has 1 heterocycles. The summed E-state index contributed by atoms with van der Waals surface area (Å²) < 4.78 is 0. The number of halogens is 1. The van der Waals surface area contributed by atoms with Gasteiger partial charge in [-0.15, -0.1) is 0 Å². The number of nitrogens with one attached hydrogen (secondary N) is 1. The molecular formula is C15H20ClN3O2. The van der Waals surface area contributed by atoms with Crippen LogP contribution in [0.5, 0.6) is 0 Å². The number of benzene rings is 1. The van der Waals surface area contributed by atoms with E-state index in [1.165, 1.54) is 6.92 Å². The first-order chi connectivity index (χ1) is 10.0. The molecule has 5 nitrogen and oxygen atoms in total. The molecule has 114 valence electrons. The van der Waals surface area contributed by atoms with E-state index in [4.69, 9.17) is 11.6 Å². The van der Waals surface area contributed by atoms with E-state index < -0.39 is 0 Å². The van der Waals surface area contributed by atoms with Crippen molar-refractivity contribution in [1.29, 1.82) is 0 Å². The summed E-state index contributed by atoms with van der Waals surface area (Å²) >= 11 is 6.30. The van der Waals surface area contributed by atoms with E-state index in [1.807, 2.05) is 24.0 Å². The van der Waals surface area contributed by atoms with Crippen LogP contribution in [0.25, 0.3) is 0 Å². The third kappa shape index (κ3) is 3.88. The highest BCUT2D eigenvalue weighted by Crippen LogP contribution is 2.29. The summed E-state index contributed by atoms with van der Waals surface area (Å²) in [4.78, 5) is 26.8. The van der Waals surface area contributed by atoms with Crippen molar-refractivity contribution in [2.75, 3.05) is 36.4 Å². The minimum absolute atomic E-state index is 0.120. The number of amides is 2. The van der Waals surface area contributed by atoms with Crippen molar-refractivity contribution >= 4 is 34.8 Å². The monoisotopic (exact) mass is 309 g/mol. The Balaban J connectivity index is 2.03. The molecule has 1 saturated heterocycles. The van der Waals surface area contributed by atoms with Gasteiger partial charge < -0.3 is 15.1 Å². The first kappa shape index (κ1) is 15.6. The molecule has 2 rings (SSSR count). The van der Waals surface area contributed by atoms with E-state index in [1.54, 1.807) is 6.07 Å². The normalized spacial score (nSPS) is 15.0. The van der Waals surface area contributed by atoms with E-state index >= 15 is 0 Å². The fraction of sp³-hybridized carbons (Fsp3) is 0.467. The van der Waals surface area contributed by atoms with Gasteiger partial charge in [0.2, 0.25) is 11.8 Å². The summed E-state index contributed by atoms with van der Waals surface area (Å²) in [5.74, 6) is 0.0762. The second kappa shape index (κ2) is 6.80. The van der Waals surface area contributed by atoms with Crippen LogP contribution in [0.4, 0.5) is 11.4 Å². The Bertz CT molecular complexity index is 540. The molecule has 0 aliphatic carbocycles. The molecule has 2 amide bonds. The predicted molar refractivity (Wildman–Crippen MR) is 84.8 cm³/mol. The lowest BCUT2D eigenvalue weighted by Gasteiger charge is -2.36. The van der Waals surface area contributed by atoms with E-state index in [-0.39, 0.29) is 11.8 Å². The number of hydrogen-bond donors (Lipinski definition) is 1. The van der Waals surface area contributed by atoms with Gasteiger partial charge in [-0.3, -0.25) is 9.59 Å². The lowest BCUT2D eigenvalue weighted by atomic mass is 10.2. The summed E-state index contributed by atoms with van der Waals surface area (Å²) in [5.41, 5.74) is 1.63. The molecule has 1 aromatic rings. The zero-order valence-corrected chi connectivity index (χ0v) is 13.1. The molecule has 0 spiro atoms. The van der Waals surface area contributed by atoms with Crippen LogP contribution < -0.4 is 10.2 Å². The van der Waals surface area contributed by atoms with Crippen LogP contribution in [0, 0.1) is 0 Å². The summed E-state index contributed by atoms with van der Waals surface area (Å²) in [5, 5.41) is 3.32. The van der Waals surface area contributed by atoms with E-state index in [2.05, 4.69) is 10.2 Å². The van der Waals surface area contributed by atoms with Gasteiger partial charge in [0.25, 0.3) is 0 Å². The SMILES string of the molecule is CCC(=O)N1CCN(c2ccc(NC(C)=O)cc2Cl)CC1. The van der Waals surface area contributed by atoms with Crippen LogP contribution in [0.2, 0.25) is 5.02 Å². The number of nitrogens with zero attached hydrogens (tertiary/aromatic N) is 2. The zero-order chi connectivity index (χ0) is 15.4. The van der Waals surface area contributed by atoms with Crippen molar-refractivity contribution in [3.8, 4) is 0 Å². The molecule has 0 aromatic heterocycles. The molecule has 0 unspecified atom stereocenters. The van der Waals surface area contributed by atoms with Gasteiger partial charge in [-0.25, -0.2) is 0 Å². The first-order valence-corrected chi connectivity index (χ1v) is 7.49. The molecule has 1 aliphatic heterocycles. The van der Waals surface area contributed by atoms with Gasteiger partial charge >= 0.3 is 0 Å². The average Bonchev–Trinajstić information content (AvgIpc) is 2.46. The zero-order valence-electron chi connectivity index (χ0n) is 12.4. The number of rotatable bonds is 3. The van der Waals surface area contributed by atoms with Crippen molar-refractivity contribution in [2.24, 2.45) is 0 Å². The number of anilines is 2. The van der Waals surface area contributed by atoms with Crippen molar-refractivity contribution in [1.82, 2.24) is 4.90 Å². The molecular weight excluding hydrogens is 290 g/mol. The maximum atomic E-state index is 11.7. The topological polar surface area (TPSA) is 52.7 Å². The Labute approximate surface area is 129 Å². The number of hydrogen-bond acceptors (Lipinski definition) is 3. The number of carbonyl (C=O) groups excluding carboxylic acids is 2. The molecule has 1 aromatic carbocycles. The molecule has 1 N–H and O–H groups in total. The second-order valence-corrected chi connectivity index (χ2v) is 5.48. The van der Waals surface area contributed by atoms with Gasteiger partial charge in [0.15, 0.2) is 0 Å². The average molecular weight is 310 g/mol. The molecule has 0 bridgehead atoms. The van der Waals surface area contributed by atoms with Crippen LogP contribution in [0.1, 0.15) is 20.3 Å². The third-order valence-corrected chi connectivity index (χ3v) is 3.85. The standard InChI is InChI=1S/C15H20ClN3O2/c1-3-15(21)19-8-6-18(7-9-19)14-5-4-12(10-13(14)16)17-11(2)20/h4-5,10H,3,6-9H2,1-2H3,(H,17,20). The van der Waals surface area contributed by atoms with E-state index in [0.29, 0.717) is 17.1 Å². The lowest BCUT2D eigenvalue weighted by Crippen LogP contribution is -2.48. The highest BCUT2D eigenvalue weighted by molar-refractivity contribution is 6.33. The molecule has 0 atom stereocenters. The Morgan fingerprint density at radius 1 is 1.24 bits per heavy atom. The van der Waals surface area contributed by atoms with E-state index in [9.17, 15) is 9.59 Å². The van der Waals surface area contributed by atoms with Crippen LogP contribution in [-0.4, -0.2) is 42.9 Å². The molecule has 21 heavy (non-hydrogen) atoms. The minimum Gasteiger partial charge on any atom is -0.367 e. The van der Waals surface area contributed by atoms with Crippen molar-refractivity contribution in [3.63, 3.8) is 0 Å². The summed E-state index contributed by atoms with van der Waals surface area (Å²) in [6, 6.07) is 5.50. The van der Waals surface area contributed by atoms with Gasteiger partial charge in [0.1, 0.15) is 0 Å².